The van der Waals surface area contributed by atoms with Gasteiger partial charge in [-0.2, -0.15) is 0 Å². The normalized spacial score (nSPS) is 18.6. The van der Waals surface area contributed by atoms with Gasteiger partial charge in [-0.05, 0) is 18.4 Å². The average Bonchev–Trinajstić information content (AvgIpc) is 2.87. The van der Waals surface area contributed by atoms with Crippen molar-refractivity contribution in [2.75, 3.05) is 13.2 Å². The van der Waals surface area contributed by atoms with Crippen molar-refractivity contribution in [3.63, 3.8) is 0 Å². The van der Waals surface area contributed by atoms with Crippen LogP contribution in [-0.4, -0.2) is 52.3 Å². The molecular weight excluding hydrogens is 302 g/mol. The van der Waals surface area contributed by atoms with Gasteiger partial charge in [0.1, 0.15) is 6.61 Å². The Bertz CT molecular complexity index is 573. The number of cyclic esters (lactones) is 1. The summed E-state index contributed by atoms with van der Waals surface area (Å²) in [6, 6.07) is 8.89. The van der Waals surface area contributed by atoms with E-state index >= 15 is 0 Å². The van der Waals surface area contributed by atoms with Gasteiger partial charge >= 0.3 is 12.1 Å². The molecule has 7 nitrogen and oxygen atoms in total. The predicted molar refractivity (Wildman–Crippen MR) is 79.6 cm³/mol. The minimum absolute atomic E-state index is 0.00697. The fourth-order valence-electron chi connectivity index (χ4n) is 2.64. The van der Waals surface area contributed by atoms with Crippen molar-refractivity contribution in [3.05, 3.63) is 35.9 Å². The van der Waals surface area contributed by atoms with Crippen molar-refractivity contribution >= 4 is 18.0 Å². The van der Waals surface area contributed by atoms with Crippen molar-refractivity contribution in [2.24, 2.45) is 5.92 Å². The second-order valence-corrected chi connectivity index (χ2v) is 5.44. The van der Waals surface area contributed by atoms with Gasteiger partial charge in [-0.25, -0.2) is 9.69 Å². The van der Waals surface area contributed by atoms with Crippen molar-refractivity contribution in [1.82, 2.24) is 4.90 Å². The summed E-state index contributed by atoms with van der Waals surface area (Å²) < 4.78 is 4.96. The van der Waals surface area contributed by atoms with Crippen LogP contribution in [0.3, 0.4) is 0 Å². The first-order valence-corrected chi connectivity index (χ1v) is 7.39. The van der Waals surface area contributed by atoms with Crippen LogP contribution < -0.4 is 0 Å². The van der Waals surface area contributed by atoms with E-state index in [-0.39, 0.29) is 19.6 Å². The summed E-state index contributed by atoms with van der Waals surface area (Å²) in [5, 5.41) is 17.9. The molecule has 1 aliphatic rings. The lowest BCUT2D eigenvalue weighted by atomic mass is 9.98. The standard InChI is InChI=1S/C16H19NO6/c18-7-6-12(9-14(19)20)15(21)17-13(10-23-16(17)22)8-11-4-2-1-3-5-11/h1-5,12-13,18H,6-10H2,(H,19,20)/t12?,13-/m0/s1. The number of carboxylic acid groups (broad SMARTS) is 1. The quantitative estimate of drug-likeness (QED) is 0.778. The third-order valence-electron chi connectivity index (χ3n) is 3.76. The Hall–Kier alpha value is -2.41. The molecule has 1 heterocycles. The zero-order valence-electron chi connectivity index (χ0n) is 12.6. The average molecular weight is 321 g/mol. The number of aliphatic hydroxyl groups is 1. The summed E-state index contributed by atoms with van der Waals surface area (Å²) in [6.45, 7) is -0.242. The van der Waals surface area contributed by atoms with Crippen LogP contribution in [0.15, 0.2) is 30.3 Å². The summed E-state index contributed by atoms with van der Waals surface area (Å²) in [5.41, 5.74) is 0.950. The molecule has 0 aromatic heterocycles. The Morgan fingerprint density at radius 2 is 2.00 bits per heavy atom. The molecule has 124 valence electrons. The Labute approximate surface area is 133 Å². The molecule has 1 aromatic rings. The topological polar surface area (TPSA) is 104 Å². The second-order valence-electron chi connectivity index (χ2n) is 5.44. The van der Waals surface area contributed by atoms with Gasteiger partial charge in [0, 0.05) is 6.61 Å². The van der Waals surface area contributed by atoms with Gasteiger partial charge in [0.2, 0.25) is 5.91 Å². The van der Waals surface area contributed by atoms with E-state index in [0.29, 0.717) is 6.42 Å². The molecule has 2 amide bonds. The highest BCUT2D eigenvalue weighted by Crippen LogP contribution is 2.22. The molecule has 0 bridgehead atoms. The molecule has 1 saturated heterocycles. The molecular formula is C16H19NO6. The zero-order chi connectivity index (χ0) is 16.8. The van der Waals surface area contributed by atoms with E-state index in [9.17, 15) is 14.4 Å². The van der Waals surface area contributed by atoms with Crippen LogP contribution in [-0.2, 0) is 20.7 Å². The van der Waals surface area contributed by atoms with Crippen LogP contribution in [0.4, 0.5) is 4.79 Å². The minimum atomic E-state index is -1.15. The number of nitrogens with zero attached hydrogens (tertiary/aromatic N) is 1. The molecule has 0 aliphatic carbocycles. The van der Waals surface area contributed by atoms with Gasteiger partial charge in [-0.3, -0.25) is 9.59 Å². The maximum atomic E-state index is 12.5. The third kappa shape index (κ3) is 4.29. The summed E-state index contributed by atoms with van der Waals surface area (Å²) in [5.74, 6) is -2.70. The van der Waals surface area contributed by atoms with Gasteiger partial charge in [0.15, 0.2) is 0 Å². The lowest BCUT2D eigenvalue weighted by Gasteiger charge is -2.24. The van der Waals surface area contributed by atoms with Crippen LogP contribution in [0.5, 0.6) is 0 Å². The highest BCUT2D eigenvalue weighted by molar-refractivity contribution is 5.96. The molecule has 0 saturated carbocycles. The maximum Gasteiger partial charge on any atom is 0.416 e. The molecule has 1 fully saturated rings. The smallest absolute Gasteiger partial charge is 0.416 e. The first-order valence-electron chi connectivity index (χ1n) is 7.39. The van der Waals surface area contributed by atoms with Crippen LogP contribution in [0, 0.1) is 5.92 Å². The van der Waals surface area contributed by atoms with Crippen LogP contribution in [0.2, 0.25) is 0 Å². The maximum absolute atomic E-state index is 12.5. The Balaban J connectivity index is 2.14. The van der Waals surface area contributed by atoms with Crippen LogP contribution in [0.25, 0.3) is 0 Å². The molecule has 0 spiro atoms. The van der Waals surface area contributed by atoms with Crippen molar-refractivity contribution in [2.45, 2.75) is 25.3 Å². The summed E-state index contributed by atoms with van der Waals surface area (Å²) in [4.78, 5) is 36.3. The number of aliphatic carboxylic acids is 1. The van der Waals surface area contributed by atoms with Crippen LogP contribution in [0.1, 0.15) is 18.4 Å². The minimum Gasteiger partial charge on any atom is -0.481 e. The number of hydrogen-bond donors (Lipinski definition) is 2. The number of aliphatic hydroxyl groups excluding tert-OH is 1. The molecule has 2 rings (SSSR count). The predicted octanol–water partition coefficient (Wildman–Crippen LogP) is 1.05. The SMILES string of the molecule is O=C(O)CC(CCO)C(=O)N1C(=O)OC[C@@H]1Cc1ccccc1. The molecule has 1 unspecified atom stereocenters. The number of carbonyl (C=O) groups excluding carboxylic acids is 2. The van der Waals surface area contributed by atoms with Gasteiger partial charge < -0.3 is 14.9 Å². The summed E-state index contributed by atoms with van der Waals surface area (Å²) in [6.07, 6.45) is -0.755. The first kappa shape index (κ1) is 17.0. The van der Waals surface area contributed by atoms with Gasteiger partial charge in [-0.1, -0.05) is 30.3 Å². The fraction of sp³-hybridized carbons (Fsp3) is 0.438. The van der Waals surface area contributed by atoms with E-state index < -0.39 is 36.4 Å². The molecule has 1 aliphatic heterocycles. The fourth-order valence-corrected chi connectivity index (χ4v) is 2.64. The molecule has 2 atom stereocenters. The number of carboxylic acids is 1. The van der Waals surface area contributed by atoms with Crippen molar-refractivity contribution < 1.29 is 29.3 Å². The number of ether oxygens (including phenoxy) is 1. The number of rotatable bonds is 7. The van der Waals surface area contributed by atoms with E-state index in [1.807, 2.05) is 30.3 Å². The lowest BCUT2D eigenvalue weighted by Crippen LogP contribution is -2.44. The number of hydrogen-bond acceptors (Lipinski definition) is 5. The van der Waals surface area contributed by atoms with Gasteiger partial charge in [0.05, 0.1) is 18.4 Å². The molecule has 0 radical (unpaired) electrons. The summed E-state index contributed by atoms with van der Waals surface area (Å²) >= 11 is 0. The van der Waals surface area contributed by atoms with E-state index in [2.05, 4.69) is 0 Å². The Morgan fingerprint density at radius 3 is 2.61 bits per heavy atom. The monoisotopic (exact) mass is 321 g/mol. The molecule has 2 N–H and O–H groups in total. The Morgan fingerprint density at radius 1 is 1.30 bits per heavy atom. The van der Waals surface area contributed by atoms with E-state index in [1.54, 1.807) is 0 Å². The number of benzene rings is 1. The highest BCUT2D eigenvalue weighted by Gasteiger charge is 2.41. The molecule has 23 heavy (non-hydrogen) atoms. The van der Waals surface area contributed by atoms with E-state index in [4.69, 9.17) is 14.9 Å². The lowest BCUT2D eigenvalue weighted by molar-refractivity contribution is -0.144. The van der Waals surface area contributed by atoms with E-state index in [1.165, 1.54) is 0 Å². The van der Waals surface area contributed by atoms with E-state index in [0.717, 1.165) is 10.5 Å². The number of carbonyl (C=O) groups is 3. The Kier molecular flexibility index (Phi) is 5.70. The summed E-state index contributed by atoms with van der Waals surface area (Å²) in [7, 11) is 0. The number of imide groups is 1. The zero-order valence-corrected chi connectivity index (χ0v) is 12.6. The number of amides is 2. The van der Waals surface area contributed by atoms with Crippen LogP contribution >= 0.6 is 0 Å². The molecule has 7 heteroatoms. The second kappa shape index (κ2) is 7.73. The molecule has 1 aromatic carbocycles. The van der Waals surface area contributed by atoms with Crippen molar-refractivity contribution in [3.8, 4) is 0 Å². The first-order chi connectivity index (χ1) is 11.0. The van der Waals surface area contributed by atoms with Gasteiger partial charge in [-0.15, -0.1) is 0 Å². The largest absolute Gasteiger partial charge is 0.481 e. The van der Waals surface area contributed by atoms with Gasteiger partial charge in [0.25, 0.3) is 0 Å². The third-order valence-corrected chi connectivity index (χ3v) is 3.76. The highest BCUT2D eigenvalue weighted by atomic mass is 16.6. The van der Waals surface area contributed by atoms with Crippen molar-refractivity contribution in [1.29, 1.82) is 0 Å².